The quantitative estimate of drug-likeness (QED) is 0.380. The van der Waals surface area contributed by atoms with E-state index in [4.69, 9.17) is 28.4 Å². The lowest BCUT2D eigenvalue weighted by Crippen LogP contribution is -2.41. The highest BCUT2D eigenvalue weighted by Gasteiger charge is 2.55. The minimum Gasteiger partial charge on any atom is -0.460 e. The Kier molecular flexibility index (Phi) is 5.85. The van der Waals surface area contributed by atoms with E-state index >= 15 is 0 Å². The maximum atomic E-state index is 11.1. The zero-order valence-electron chi connectivity index (χ0n) is 15.9. The van der Waals surface area contributed by atoms with Crippen LogP contribution in [-0.2, 0) is 33.2 Å². The number of hydrogen-bond donors (Lipinski definition) is 0. The predicted molar refractivity (Wildman–Crippen MR) is 94.9 cm³/mol. The molecule has 3 unspecified atom stereocenters. The maximum absolute atomic E-state index is 11.1. The summed E-state index contributed by atoms with van der Waals surface area (Å²) in [5, 5.41) is 0. The van der Waals surface area contributed by atoms with Crippen molar-refractivity contribution in [2.45, 2.75) is 81.3 Å². The van der Waals surface area contributed by atoms with Gasteiger partial charge in [0.25, 0.3) is 0 Å². The van der Waals surface area contributed by atoms with Gasteiger partial charge in [0.2, 0.25) is 0 Å². The van der Waals surface area contributed by atoms with Crippen molar-refractivity contribution >= 4 is 5.97 Å². The SMILES string of the molecule is C=CC(=O)OCCOCC1OC2(CCCC2)OC1C1COC2(CCCC2)O1. The molecule has 0 aromatic rings. The Labute approximate surface area is 160 Å². The van der Waals surface area contributed by atoms with Gasteiger partial charge in [-0.25, -0.2) is 4.79 Å². The van der Waals surface area contributed by atoms with Crippen molar-refractivity contribution in [3.8, 4) is 0 Å². The minimum absolute atomic E-state index is 0.129. The largest absolute Gasteiger partial charge is 0.460 e. The van der Waals surface area contributed by atoms with Crippen molar-refractivity contribution in [2.24, 2.45) is 0 Å². The molecule has 3 atom stereocenters. The molecule has 0 amide bonds. The summed E-state index contributed by atoms with van der Waals surface area (Å²) in [5.74, 6) is -1.35. The van der Waals surface area contributed by atoms with Gasteiger partial charge in [0.1, 0.15) is 24.9 Å². The minimum atomic E-state index is -0.497. The molecule has 0 aromatic carbocycles. The van der Waals surface area contributed by atoms with Gasteiger partial charge < -0.3 is 28.4 Å². The van der Waals surface area contributed by atoms with E-state index < -0.39 is 17.5 Å². The Morgan fingerprint density at radius 2 is 1.70 bits per heavy atom. The fourth-order valence-corrected chi connectivity index (χ4v) is 4.66. The molecule has 2 aliphatic carbocycles. The van der Waals surface area contributed by atoms with Crippen LogP contribution in [0.4, 0.5) is 0 Å². The van der Waals surface area contributed by atoms with Crippen LogP contribution in [0, 0.1) is 0 Å². The number of carbonyl (C=O) groups is 1. The average molecular weight is 382 g/mol. The highest BCUT2D eigenvalue weighted by Crippen LogP contribution is 2.46. The third-order valence-electron chi connectivity index (χ3n) is 5.98. The molecule has 0 aromatic heterocycles. The summed E-state index contributed by atoms with van der Waals surface area (Å²) in [6.07, 6.45) is 8.87. The fourth-order valence-electron chi connectivity index (χ4n) is 4.66. The summed E-state index contributed by atoms with van der Waals surface area (Å²) in [6.45, 7) is 4.79. The molecular weight excluding hydrogens is 352 g/mol. The first-order valence-corrected chi connectivity index (χ1v) is 10.2. The zero-order valence-corrected chi connectivity index (χ0v) is 15.9. The second-order valence-corrected chi connectivity index (χ2v) is 7.89. The second-order valence-electron chi connectivity index (χ2n) is 7.89. The van der Waals surface area contributed by atoms with Gasteiger partial charge in [-0.1, -0.05) is 6.58 Å². The van der Waals surface area contributed by atoms with E-state index in [0.29, 0.717) is 19.8 Å². The second kappa shape index (κ2) is 8.17. The molecule has 4 rings (SSSR count). The molecule has 0 N–H and O–H groups in total. The molecule has 27 heavy (non-hydrogen) atoms. The average Bonchev–Trinajstić information content (AvgIpc) is 3.46. The predicted octanol–water partition coefficient (Wildman–Crippen LogP) is 2.47. The summed E-state index contributed by atoms with van der Waals surface area (Å²) in [6, 6.07) is 0. The molecule has 2 saturated heterocycles. The van der Waals surface area contributed by atoms with Gasteiger partial charge >= 0.3 is 5.97 Å². The van der Waals surface area contributed by atoms with Crippen molar-refractivity contribution in [3.63, 3.8) is 0 Å². The molecule has 2 spiro atoms. The molecule has 7 nitrogen and oxygen atoms in total. The number of ether oxygens (including phenoxy) is 6. The van der Waals surface area contributed by atoms with Gasteiger partial charge in [-0.2, -0.15) is 0 Å². The van der Waals surface area contributed by atoms with Crippen molar-refractivity contribution in [2.75, 3.05) is 26.4 Å². The topological polar surface area (TPSA) is 72.5 Å². The summed E-state index contributed by atoms with van der Waals surface area (Å²) >= 11 is 0. The third-order valence-corrected chi connectivity index (χ3v) is 5.98. The lowest BCUT2D eigenvalue weighted by Gasteiger charge is -2.26. The van der Waals surface area contributed by atoms with Gasteiger partial charge in [-0.05, 0) is 25.7 Å². The zero-order chi connectivity index (χ0) is 18.7. The molecule has 0 bridgehead atoms. The van der Waals surface area contributed by atoms with Crippen LogP contribution in [0.2, 0.25) is 0 Å². The Hall–Kier alpha value is -0.990. The molecule has 2 saturated carbocycles. The first-order chi connectivity index (χ1) is 13.1. The number of esters is 1. The smallest absolute Gasteiger partial charge is 0.330 e. The lowest BCUT2D eigenvalue weighted by atomic mass is 10.1. The Morgan fingerprint density at radius 3 is 2.41 bits per heavy atom. The first-order valence-electron chi connectivity index (χ1n) is 10.2. The summed E-state index contributed by atoms with van der Waals surface area (Å²) in [7, 11) is 0. The Morgan fingerprint density at radius 1 is 1.00 bits per heavy atom. The van der Waals surface area contributed by atoms with Crippen LogP contribution in [0.25, 0.3) is 0 Å². The number of hydrogen-bond acceptors (Lipinski definition) is 7. The van der Waals surface area contributed by atoms with Crippen molar-refractivity contribution in [3.05, 3.63) is 12.7 Å². The molecule has 2 heterocycles. The van der Waals surface area contributed by atoms with Crippen LogP contribution >= 0.6 is 0 Å². The van der Waals surface area contributed by atoms with Crippen molar-refractivity contribution in [1.29, 1.82) is 0 Å². The highest BCUT2D eigenvalue weighted by molar-refractivity contribution is 5.81. The van der Waals surface area contributed by atoms with E-state index in [0.717, 1.165) is 57.4 Å². The van der Waals surface area contributed by atoms with Crippen LogP contribution in [0.3, 0.4) is 0 Å². The molecule has 7 heteroatoms. The third kappa shape index (κ3) is 4.22. The molecule has 4 aliphatic rings. The molecular formula is C20H30O7. The molecule has 0 radical (unpaired) electrons. The van der Waals surface area contributed by atoms with E-state index in [9.17, 15) is 4.79 Å². The molecule has 2 aliphatic heterocycles. The molecule has 4 fully saturated rings. The van der Waals surface area contributed by atoms with Gasteiger partial charge in [0, 0.05) is 31.8 Å². The van der Waals surface area contributed by atoms with E-state index in [2.05, 4.69) is 6.58 Å². The van der Waals surface area contributed by atoms with E-state index in [1.807, 2.05) is 0 Å². The summed E-state index contributed by atoms with van der Waals surface area (Å²) in [4.78, 5) is 11.1. The van der Waals surface area contributed by atoms with E-state index in [-0.39, 0.29) is 24.9 Å². The maximum Gasteiger partial charge on any atom is 0.330 e. The van der Waals surface area contributed by atoms with Crippen LogP contribution < -0.4 is 0 Å². The normalized spacial score (nSPS) is 33.9. The Balaban J connectivity index is 1.33. The standard InChI is InChI=1S/C20H30O7/c1-2-17(21)23-12-11-22-13-15-18(27-20(26-15)9-5-6-10-20)16-14-24-19(25-16)7-3-4-8-19/h2,15-16,18H,1,3-14H2. The summed E-state index contributed by atoms with van der Waals surface area (Å²) in [5.41, 5.74) is 0. The summed E-state index contributed by atoms with van der Waals surface area (Å²) < 4.78 is 35.8. The van der Waals surface area contributed by atoms with Gasteiger partial charge in [-0.3, -0.25) is 0 Å². The van der Waals surface area contributed by atoms with Gasteiger partial charge in [-0.15, -0.1) is 0 Å². The van der Waals surface area contributed by atoms with Gasteiger partial charge in [0.05, 0.1) is 19.8 Å². The van der Waals surface area contributed by atoms with Crippen LogP contribution in [0.5, 0.6) is 0 Å². The van der Waals surface area contributed by atoms with Crippen LogP contribution in [-0.4, -0.2) is 62.3 Å². The van der Waals surface area contributed by atoms with Crippen LogP contribution in [0.1, 0.15) is 51.4 Å². The van der Waals surface area contributed by atoms with Crippen LogP contribution in [0.15, 0.2) is 12.7 Å². The van der Waals surface area contributed by atoms with E-state index in [1.54, 1.807) is 0 Å². The number of carbonyl (C=O) groups excluding carboxylic acids is 1. The fraction of sp³-hybridized carbons (Fsp3) is 0.850. The number of rotatable bonds is 7. The lowest BCUT2D eigenvalue weighted by molar-refractivity contribution is -0.195. The van der Waals surface area contributed by atoms with Crippen molar-refractivity contribution in [1.82, 2.24) is 0 Å². The molecule has 152 valence electrons. The Bertz CT molecular complexity index is 536. The van der Waals surface area contributed by atoms with Crippen molar-refractivity contribution < 1.29 is 33.2 Å². The van der Waals surface area contributed by atoms with E-state index in [1.165, 1.54) is 0 Å². The van der Waals surface area contributed by atoms with Gasteiger partial charge in [0.15, 0.2) is 11.6 Å². The monoisotopic (exact) mass is 382 g/mol. The highest BCUT2D eigenvalue weighted by atomic mass is 16.8. The first kappa shape index (κ1) is 19.3.